The average molecular weight is 741 g/mol. The molecule has 1 N–H and O–H groups in total. The first-order chi connectivity index (χ1) is 23.2. The third-order valence-electron chi connectivity index (χ3n) is 8.45. The first-order valence-electron chi connectivity index (χ1n) is 15.7. The summed E-state index contributed by atoms with van der Waals surface area (Å²) in [4.78, 5) is 47.1. The highest BCUT2D eigenvalue weighted by molar-refractivity contribution is 7.81. The van der Waals surface area contributed by atoms with Gasteiger partial charge < -0.3 is 24.6 Å². The number of thiocarbonyl (C=S) groups is 1. The van der Waals surface area contributed by atoms with Crippen LogP contribution in [0.15, 0.2) is 24.4 Å². The van der Waals surface area contributed by atoms with Crippen LogP contribution in [-0.2, 0) is 25.3 Å². The molecule has 11 nitrogen and oxygen atoms in total. The van der Waals surface area contributed by atoms with Gasteiger partial charge in [0.25, 0.3) is 5.91 Å². The summed E-state index contributed by atoms with van der Waals surface area (Å²) in [5.41, 5.74) is -5.51. The van der Waals surface area contributed by atoms with E-state index in [4.69, 9.17) is 38.6 Å². The number of benzene rings is 1. The number of alkyl halides is 3. The molecule has 270 valence electrons. The van der Waals surface area contributed by atoms with Crippen molar-refractivity contribution in [1.82, 2.24) is 15.2 Å². The number of ether oxygens (including phenoxy) is 2. The Morgan fingerprint density at radius 3 is 2.46 bits per heavy atom. The molecule has 3 heterocycles. The molecule has 2 fully saturated rings. The molecule has 1 aromatic carbocycles. The molecule has 0 bridgehead atoms. The topological polar surface area (TPSA) is 128 Å². The van der Waals surface area contributed by atoms with E-state index in [1.165, 1.54) is 37.1 Å². The van der Waals surface area contributed by atoms with E-state index >= 15 is 4.39 Å². The van der Waals surface area contributed by atoms with Crippen LogP contribution in [0, 0.1) is 22.6 Å². The fraction of sp³-hybridized carbons (Fsp3) is 0.515. The average Bonchev–Trinajstić information content (AvgIpc) is 3.51. The van der Waals surface area contributed by atoms with Crippen molar-refractivity contribution in [3.05, 3.63) is 46.4 Å². The molecular weight excluding hydrogens is 704 g/mol. The Kier molecular flexibility index (Phi) is 11.3. The van der Waals surface area contributed by atoms with Crippen molar-refractivity contribution < 1.29 is 41.4 Å². The summed E-state index contributed by atoms with van der Waals surface area (Å²) in [6.45, 7) is 10.7. The lowest BCUT2D eigenvalue weighted by Gasteiger charge is -2.35. The van der Waals surface area contributed by atoms with Gasteiger partial charge in [-0.25, -0.2) is 9.37 Å². The van der Waals surface area contributed by atoms with Crippen molar-refractivity contribution >= 4 is 58.0 Å². The molecule has 2 unspecified atom stereocenters. The Balaban J connectivity index is 1.39. The molecule has 0 radical (unpaired) electrons. The maximum absolute atomic E-state index is 15.3. The highest BCUT2D eigenvalue weighted by atomic mass is 35.5. The first-order valence-corrected chi connectivity index (χ1v) is 16.4. The number of halogens is 5. The van der Waals surface area contributed by atoms with Crippen LogP contribution < -0.4 is 19.9 Å². The van der Waals surface area contributed by atoms with E-state index in [1.54, 1.807) is 4.90 Å². The molecule has 3 amide bonds. The lowest BCUT2D eigenvalue weighted by Crippen LogP contribution is -2.56. The zero-order valence-electron chi connectivity index (χ0n) is 28.3. The molecule has 2 aromatic rings. The second kappa shape index (κ2) is 14.7. The predicted octanol–water partition coefficient (Wildman–Crippen LogP) is 5.62. The first kappa shape index (κ1) is 38.7. The number of nitriles is 1. The number of anilines is 2. The van der Waals surface area contributed by atoms with Gasteiger partial charge in [-0.3, -0.25) is 19.3 Å². The highest BCUT2D eigenvalue weighted by Crippen LogP contribution is 2.43. The van der Waals surface area contributed by atoms with Crippen molar-refractivity contribution in [2.75, 3.05) is 36.2 Å². The monoisotopic (exact) mass is 740 g/mol. The van der Waals surface area contributed by atoms with Crippen LogP contribution in [0.25, 0.3) is 0 Å². The SMILES string of the molecule is CC1CCCN1C(=O)C(NC(=O)COCCOc1cc(Cl)c(N2C(=S)N(c3ccc(C#N)c(C(F)(F)F)c3F)C(=O)C2(C)C)cn1)C(C)(C)C. The number of nitrogens with zero attached hydrogens (tertiary/aromatic N) is 5. The highest BCUT2D eigenvalue weighted by Gasteiger charge is 2.52. The maximum Gasteiger partial charge on any atom is 0.420 e. The van der Waals surface area contributed by atoms with E-state index in [0.29, 0.717) is 11.4 Å². The fourth-order valence-electron chi connectivity index (χ4n) is 5.82. The molecule has 2 aliphatic rings. The zero-order valence-corrected chi connectivity index (χ0v) is 29.9. The van der Waals surface area contributed by atoms with Gasteiger partial charge in [0.1, 0.15) is 30.4 Å². The predicted molar refractivity (Wildman–Crippen MR) is 180 cm³/mol. The molecule has 1 aromatic heterocycles. The van der Waals surface area contributed by atoms with E-state index in [2.05, 4.69) is 10.3 Å². The Morgan fingerprint density at radius 2 is 1.90 bits per heavy atom. The Hall–Kier alpha value is -4.07. The van der Waals surface area contributed by atoms with Gasteiger partial charge in [-0.1, -0.05) is 32.4 Å². The van der Waals surface area contributed by atoms with E-state index in [9.17, 15) is 27.6 Å². The summed E-state index contributed by atoms with van der Waals surface area (Å²) in [6, 6.07) is 3.67. The number of carbonyl (C=O) groups is 3. The van der Waals surface area contributed by atoms with E-state index in [0.717, 1.165) is 25.0 Å². The lowest BCUT2D eigenvalue weighted by atomic mass is 9.85. The standard InChI is InChI=1S/C33H37ClF4N6O5S/c1-18-8-7-11-42(18)28(46)27(31(2,3)4)41-23(45)17-48-12-13-49-24-14-20(34)22(16-40-24)44-30(50)43(29(47)32(44,5)6)21-10-9-19(15-39)25(26(21)35)33(36,37)38/h9-10,14,16,18,27H,7-8,11-13,17H2,1-6H3,(H,41,45). The van der Waals surface area contributed by atoms with Gasteiger partial charge in [-0.15, -0.1) is 0 Å². The van der Waals surface area contributed by atoms with Crippen LogP contribution in [0.5, 0.6) is 5.88 Å². The Bertz CT molecular complexity index is 1730. The molecule has 0 saturated carbocycles. The minimum absolute atomic E-state index is 0.00172. The fourth-order valence-corrected chi connectivity index (χ4v) is 6.55. The number of rotatable bonds is 10. The van der Waals surface area contributed by atoms with Crippen LogP contribution in [0.3, 0.4) is 0 Å². The molecule has 2 saturated heterocycles. The summed E-state index contributed by atoms with van der Waals surface area (Å²) in [6.07, 6.45) is -2.15. The van der Waals surface area contributed by atoms with Gasteiger partial charge >= 0.3 is 6.18 Å². The summed E-state index contributed by atoms with van der Waals surface area (Å²) in [7, 11) is 0. The summed E-state index contributed by atoms with van der Waals surface area (Å²) < 4.78 is 67.3. The van der Waals surface area contributed by atoms with Gasteiger partial charge in [0, 0.05) is 18.7 Å². The number of pyridine rings is 1. The van der Waals surface area contributed by atoms with Crippen LogP contribution in [0.1, 0.15) is 65.5 Å². The van der Waals surface area contributed by atoms with E-state index in [1.807, 2.05) is 27.7 Å². The molecule has 2 atom stereocenters. The van der Waals surface area contributed by atoms with Gasteiger partial charge in [-0.05, 0) is 63.4 Å². The summed E-state index contributed by atoms with van der Waals surface area (Å²) in [5, 5.41) is 11.5. The minimum atomic E-state index is -5.22. The van der Waals surface area contributed by atoms with Crippen LogP contribution in [0.4, 0.5) is 28.9 Å². The zero-order chi connectivity index (χ0) is 37.3. The van der Waals surface area contributed by atoms with Crippen molar-refractivity contribution in [1.29, 1.82) is 5.26 Å². The molecule has 4 rings (SSSR count). The molecule has 0 aliphatic carbocycles. The molecule has 50 heavy (non-hydrogen) atoms. The summed E-state index contributed by atoms with van der Waals surface area (Å²) >= 11 is 12.0. The number of nitrogens with one attached hydrogen (secondary N) is 1. The molecule has 17 heteroatoms. The second-order valence-electron chi connectivity index (χ2n) is 13.5. The largest absolute Gasteiger partial charge is 0.475 e. The maximum atomic E-state index is 15.3. The van der Waals surface area contributed by atoms with Crippen LogP contribution in [-0.4, -0.2) is 76.7 Å². The van der Waals surface area contributed by atoms with Crippen LogP contribution in [0.2, 0.25) is 5.02 Å². The number of hydrogen-bond acceptors (Lipinski definition) is 8. The van der Waals surface area contributed by atoms with Crippen LogP contribution >= 0.6 is 23.8 Å². The number of hydrogen-bond donors (Lipinski definition) is 1. The van der Waals surface area contributed by atoms with Gasteiger partial charge in [0.05, 0.1) is 40.8 Å². The third kappa shape index (κ3) is 7.79. The Morgan fingerprint density at radius 1 is 1.22 bits per heavy atom. The smallest absolute Gasteiger partial charge is 0.420 e. The van der Waals surface area contributed by atoms with Gasteiger partial charge in [-0.2, -0.15) is 18.4 Å². The minimum Gasteiger partial charge on any atom is -0.475 e. The number of likely N-dealkylation sites (tertiary alicyclic amines) is 1. The van der Waals surface area contributed by atoms with Crippen molar-refractivity contribution in [3.63, 3.8) is 0 Å². The van der Waals surface area contributed by atoms with Crippen molar-refractivity contribution in [3.8, 4) is 11.9 Å². The number of carbonyl (C=O) groups excluding carboxylic acids is 3. The van der Waals surface area contributed by atoms with E-state index < -0.39 is 57.6 Å². The van der Waals surface area contributed by atoms with Crippen molar-refractivity contribution in [2.24, 2.45) is 5.41 Å². The molecule has 0 spiro atoms. The summed E-state index contributed by atoms with van der Waals surface area (Å²) in [5.74, 6) is -3.21. The lowest BCUT2D eigenvalue weighted by molar-refractivity contribution is -0.141. The normalized spacial score (nSPS) is 18.4. The Labute approximate surface area is 297 Å². The van der Waals surface area contributed by atoms with Gasteiger partial charge in [0.2, 0.25) is 17.7 Å². The second-order valence-corrected chi connectivity index (χ2v) is 14.3. The third-order valence-corrected chi connectivity index (χ3v) is 9.12. The van der Waals surface area contributed by atoms with Crippen molar-refractivity contribution in [2.45, 2.75) is 78.2 Å². The molecule has 2 aliphatic heterocycles. The van der Waals surface area contributed by atoms with E-state index in [-0.39, 0.29) is 53.5 Å². The quantitative estimate of drug-likeness (QED) is 0.188. The number of amides is 3. The van der Waals surface area contributed by atoms with Gasteiger partial charge in [0.15, 0.2) is 10.9 Å². The molecular formula is C33H37ClF4N6O5S. The number of aromatic nitrogens is 1.